The first kappa shape index (κ1) is 13.5. The van der Waals surface area contributed by atoms with Crippen LogP contribution in [-0.2, 0) is 17.6 Å². The number of β-amino-alcohol motifs (C(OH)–C–C–N with tert-alkyl or cyclic N) is 2. The second-order valence-corrected chi connectivity index (χ2v) is 5.71. The Morgan fingerprint density at radius 2 is 1.90 bits per heavy atom. The predicted octanol–water partition coefficient (Wildman–Crippen LogP) is 0.151. The number of rotatable bonds is 3. The molecule has 2 aliphatic rings. The van der Waals surface area contributed by atoms with E-state index in [0.717, 1.165) is 18.5 Å². The number of nitrogens with zero attached hydrogens (tertiary/aromatic N) is 1. The first-order valence-electron chi connectivity index (χ1n) is 7.12. The summed E-state index contributed by atoms with van der Waals surface area (Å²) in [6.45, 7) is 0.892. The number of anilines is 1. The lowest BCUT2D eigenvalue weighted by molar-refractivity contribution is -0.117. The molecular formula is C15H20N2O3. The highest BCUT2D eigenvalue weighted by Gasteiger charge is 2.30. The van der Waals surface area contributed by atoms with Crippen molar-refractivity contribution in [3.05, 3.63) is 29.3 Å². The average molecular weight is 276 g/mol. The van der Waals surface area contributed by atoms with Gasteiger partial charge >= 0.3 is 0 Å². The summed E-state index contributed by atoms with van der Waals surface area (Å²) in [6.07, 6.45) is 1.91. The minimum atomic E-state index is -0.747. The number of aliphatic hydroxyl groups excluding tert-OH is 2. The van der Waals surface area contributed by atoms with E-state index < -0.39 is 12.2 Å². The van der Waals surface area contributed by atoms with Gasteiger partial charge in [-0.1, -0.05) is 6.07 Å². The molecule has 2 unspecified atom stereocenters. The number of fused-ring (bicyclic) bond motifs is 1. The maximum atomic E-state index is 12.0. The second kappa shape index (κ2) is 5.52. The third-order valence-electron chi connectivity index (χ3n) is 4.08. The van der Waals surface area contributed by atoms with E-state index in [2.05, 4.69) is 11.4 Å². The van der Waals surface area contributed by atoms with Gasteiger partial charge < -0.3 is 15.5 Å². The Labute approximate surface area is 118 Å². The molecule has 5 heteroatoms. The fraction of sp³-hybridized carbons (Fsp3) is 0.533. The van der Waals surface area contributed by atoms with Crippen molar-refractivity contribution in [2.24, 2.45) is 0 Å². The van der Waals surface area contributed by atoms with Crippen molar-refractivity contribution in [1.82, 2.24) is 4.90 Å². The van der Waals surface area contributed by atoms with Crippen molar-refractivity contribution in [2.75, 3.05) is 25.0 Å². The van der Waals surface area contributed by atoms with Gasteiger partial charge in [-0.05, 0) is 42.5 Å². The van der Waals surface area contributed by atoms with Crippen LogP contribution in [0.25, 0.3) is 0 Å². The molecule has 1 heterocycles. The molecule has 1 aliphatic carbocycles. The number of aliphatic hydroxyl groups is 2. The van der Waals surface area contributed by atoms with Crippen molar-refractivity contribution < 1.29 is 15.0 Å². The molecule has 0 bridgehead atoms. The summed E-state index contributed by atoms with van der Waals surface area (Å²) in [6, 6.07) is 6.07. The maximum Gasteiger partial charge on any atom is 0.238 e. The van der Waals surface area contributed by atoms with Crippen LogP contribution in [0.2, 0.25) is 0 Å². The maximum absolute atomic E-state index is 12.0. The standard InChI is InChI=1S/C15H20N2O3/c18-13-7-17(8-14(13)19)9-15(20)16-12-5-4-10-2-1-3-11(10)6-12/h4-6,13-14,18-19H,1-3,7-9H2,(H,16,20). The van der Waals surface area contributed by atoms with Crippen LogP contribution in [0.5, 0.6) is 0 Å². The lowest BCUT2D eigenvalue weighted by Gasteiger charge is -2.14. The Morgan fingerprint density at radius 1 is 1.20 bits per heavy atom. The quantitative estimate of drug-likeness (QED) is 0.735. The number of hydrogen-bond donors (Lipinski definition) is 3. The molecule has 2 atom stereocenters. The van der Waals surface area contributed by atoms with E-state index in [9.17, 15) is 15.0 Å². The molecule has 1 aromatic carbocycles. The Balaban J connectivity index is 1.57. The van der Waals surface area contributed by atoms with E-state index in [1.54, 1.807) is 4.90 Å². The summed E-state index contributed by atoms with van der Waals surface area (Å²) in [5.74, 6) is -0.107. The summed E-state index contributed by atoms with van der Waals surface area (Å²) in [5, 5.41) is 21.8. The molecule has 1 aliphatic heterocycles. The summed E-state index contributed by atoms with van der Waals surface area (Å²) in [5.41, 5.74) is 3.54. The number of benzene rings is 1. The molecule has 3 rings (SSSR count). The Kier molecular flexibility index (Phi) is 3.74. The van der Waals surface area contributed by atoms with Gasteiger partial charge in [0.1, 0.15) is 0 Å². The minimum absolute atomic E-state index is 0.107. The Morgan fingerprint density at radius 3 is 2.65 bits per heavy atom. The zero-order chi connectivity index (χ0) is 14.1. The number of carbonyl (C=O) groups is 1. The van der Waals surface area contributed by atoms with E-state index in [1.165, 1.54) is 17.5 Å². The van der Waals surface area contributed by atoms with Crippen LogP contribution >= 0.6 is 0 Å². The molecule has 1 saturated heterocycles. The van der Waals surface area contributed by atoms with E-state index in [1.807, 2.05) is 12.1 Å². The summed E-state index contributed by atoms with van der Waals surface area (Å²) >= 11 is 0. The zero-order valence-electron chi connectivity index (χ0n) is 11.4. The van der Waals surface area contributed by atoms with Crippen LogP contribution in [0.15, 0.2) is 18.2 Å². The molecule has 5 nitrogen and oxygen atoms in total. The van der Waals surface area contributed by atoms with Crippen LogP contribution in [0.1, 0.15) is 17.5 Å². The fourth-order valence-corrected chi connectivity index (χ4v) is 3.03. The van der Waals surface area contributed by atoms with Crippen LogP contribution in [0.4, 0.5) is 5.69 Å². The number of carbonyl (C=O) groups excluding carboxylic acids is 1. The van der Waals surface area contributed by atoms with Gasteiger partial charge in [0.05, 0.1) is 18.8 Å². The molecule has 108 valence electrons. The monoisotopic (exact) mass is 276 g/mol. The third-order valence-corrected chi connectivity index (χ3v) is 4.08. The summed E-state index contributed by atoms with van der Waals surface area (Å²) in [7, 11) is 0. The molecule has 3 N–H and O–H groups in total. The predicted molar refractivity (Wildman–Crippen MR) is 75.6 cm³/mol. The third kappa shape index (κ3) is 2.85. The highest BCUT2D eigenvalue weighted by molar-refractivity contribution is 5.92. The van der Waals surface area contributed by atoms with Crippen molar-refractivity contribution >= 4 is 11.6 Å². The molecule has 20 heavy (non-hydrogen) atoms. The van der Waals surface area contributed by atoms with E-state index >= 15 is 0 Å². The molecule has 0 aromatic heterocycles. The molecule has 1 amide bonds. The van der Waals surface area contributed by atoms with Crippen LogP contribution in [0, 0.1) is 0 Å². The van der Waals surface area contributed by atoms with Gasteiger partial charge in [0.15, 0.2) is 0 Å². The number of hydrogen-bond acceptors (Lipinski definition) is 4. The number of amides is 1. The molecular weight excluding hydrogens is 256 g/mol. The van der Waals surface area contributed by atoms with Gasteiger partial charge in [-0.25, -0.2) is 0 Å². The molecule has 1 aromatic rings. The van der Waals surface area contributed by atoms with Gasteiger partial charge in [-0.15, -0.1) is 0 Å². The van der Waals surface area contributed by atoms with Crippen molar-refractivity contribution in [1.29, 1.82) is 0 Å². The molecule has 0 saturated carbocycles. The fourth-order valence-electron chi connectivity index (χ4n) is 3.03. The Hall–Kier alpha value is -1.43. The number of nitrogens with one attached hydrogen (secondary N) is 1. The molecule has 1 fully saturated rings. The molecule has 0 spiro atoms. The second-order valence-electron chi connectivity index (χ2n) is 5.71. The van der Waals surface area contributed by atoms with E-state index in [0.29, 0.717) is 13.1 Å². The zero-order valence-corrected chi connectivity index (χ0v) is 11.4. The van der Waals surface area contributed by atoms with Gasteiger partial charge in [-0.2, -0.15) is 0 Å². The first-order chi connectivity index (χ1) is 9.61. The highest BCUT2D eigenvalue weighted by atomic mass is 16.3. The van der Waals surface area contributed by atoms with E-state index in [-0.39, 0.29) is 12.5 Å². The van der Waals surface area contributed by atoms with Gasteiger partial charge in [-0.3, -0.25) is 9.69 Å². The van der Waals surface area contributed by atoms with Gasteiger partial charge in [0.25, 0.3) is 0 Å². The Bertz CT molecular complexity index is 508. The van der Waals surface area contributed by atoms with Crippen LogP contribution < -0.4 is 5.32 Å². The first-order valence-corrected chi connectivity index (χ1v) is 7.12. The van der Waals surface area contributed by atoms with Crippen molar-refractivity contribution in [3.8, 4) is 0 Å². The topological polar surface area (TPSA) is 72.8 Å². The largest absolute Gasteiger partial charge is 0.389 e. The average Bonchev–Trinajstić information content (AvgIpc) is 2.96. The van der Waals surface area contributed by atoms with Crippen LogP contribution in [-0.4, -0.2) is 52.9 Å². The van der Waals surface area contributed by atoms with Crippen molar-refractivity contribution in [2.45, 2.75) is 31.5 Å². The highest BCUT2D eigenvalue weighted by Crippen LogP contribution is 2.24. The number of aryl methyl sites for hydroxylation is 2. The minimum Gasteiger partial charge on any atom is -0.389 e. The molecule has 0 radical (unpaired) electrons. The lowest BCUT2D eigenvalue weighted by Crippen LogP contribution is -2.32. The van der Waals surface area contributed by atoms with Crippen LogP contribution in [0.3, 0.4) is 0 Å². The lowest BCUT2D eigenvalue weighted by atomic mass is 10.1. The summed E-state index contributed by atoms with van der Waals surface area (Å²) in [4.78, 5) is 13.7. The summed E-state index contributed by atoms with van der Waals surface area (Å²) < 4.78 is 0. The normalized spacial score (nSPS) is 25.7. The SMILES string of the molecule is O=C(CN1CC(O)C(O)C1)Nc1ccc2c(c1)CCC2. The van der Waals surface area contributed by atoms with E-state index in [4.69, 9.17) is 0 Å². The van der Waals surface area contributed by atoms with Gasteiger partial charge in [0, 0.05) is 18.8 Å². The van der Waals surface area contributed by atoms with Crippen molar-refractivity contribution in [3.63, 3.8) is 0 Å². The smallest absolute Gasteiger partial charge is 0.238 e. The number of likely N-dealkylation sites (tertiary alicyclic amines) is 1. The van der Waals surface area contributed by atoms with Gasteiger partial charge in [0.2, 0.25) is 5.91 Å².